The predicted octanol–water partition coefficient (Wildman–Crippen LogP) is 2.51. The largest absolute Gasteiger partial charge is 0.493 e. The van der Waals surface area contributed by atoms with Gasteiger partial charge in [0.1, 0.15) is 0 Å². The minimum atomic E-state index is -0.149. The van der Waals surface area contributed by atoms with Crippen molar-refractivity contribution in [2.45, 2.75) is 32.1 Å². The number of rotatable bonds is 6. The molecular weight excluding hydrogens is 254 g/mol. The number of methoxy groups -OCH3 is 2. The molecule has 0 atom stereocenters. The number of amides is 1. The summed E-state index contributed by atoms with van der Waals surface area (Å²) in [6.45, 7) is 4.85. The van der Waals surface area contributed by atoms with Crippen molar-refractivity contribution in [3.63, 3.8) is 0 Å². The maximum absolute atomic E-state index is 11.8. The molecule has 4 nitrogen and oxygen atoms in total. The van der Waals surface area contributed by atoms with Crippen molar-refractivity contribution in [1.82, 2.24) is 5.32 Å². The first kappa shape index (κ1) is 14.7. The summed E-state index contributed by atoms with van der Waals surface area (Å²) in [6, 6.07) is 5.89. The summed E-state index contributed by atoms with van der Waals surface area (Å²) in [5.74, 6) is 1.86. The molecule has 1 aliphatic rings. The first-order chi connectivity index (χ1) is 9.47. The lowest BCUT2D eigenvalue weighted by molar-refractivity contribution is -0.122. The molecule has 1 aromatic carbocycles. The lowest BCUT2D eigenvalue weighted by Gasteiger charge is -2.26. The number of hydrogen-bond acceptors (Lipinski definition) is 3. The maximum atomic E-state index is 11.8. The molecule has 0 bridgehead atoms. The molecule has 4 heteroatoms. The second kappa shape index (κ2) is 5.73. The summed E-state index contributed by atoms with van der Waals surface area (Å²) in [6.07, 6.45) is 2.06. The van der Waals surface area contributed by atoms with Gasteiger partial charge in [-0.05, 0) is 30.5 Å². The minimum Gasteiger partial charge on any atom is -0.493 e. The SMILES string of the molecule is COc1ccc(C(C)(C)CNC(=O)C2CC2)cc1OC. The molecule has 0 aliphatic heterocycles. The molecule has 0 aromatic heterocycles. The average molecular weight is 277 g/mol. The summed E-state index contributed by atoms with van der Waals surface area (Å²) in [5.41, 5.74) is 0.968. The van der Waals surface area contributed by atoms with Gasteiger partial charge in [0.25, 0.3) is 0 Å². The molecule has 1 aliphatic carbocycles. The Bertz CT molecular complexity index is 492. The van der Waals surface area contributed by atoms with Crippen LogP contribution < -0.4 is 14.8 Å². The first-order valence-electron chi connectivity index (χ1n) is 6.98. The molecule has 0 heterocycles. The quantitative estimate of drug-likeness (QED) is 0.869. The zero-order chi connectivity index (χ0) is 14.8. The lowest BCUT2D eigenvalue weighted by Crippen LogP contribution is -2.37. The van der Waals surface area contributed by atoms with E-state index in [0.717, 1.165) is 18.4 Å². The number of carbonyl (C=O) groups excluding carboxylic acids is 1. The smallest absolute Gasteiger partial charge is 0.223 e. The van der Waals surface area contributed by atoms with E-state index in [-0.39, 0.29) is 17.2 Å². The van der Waals surface area contributed by atoms with Crippen LogP contribution >= 0.6 is 0 Å². The van der Waals surface area contributed by atoms with Gasteiger partial charge in [0.2, 0.25) is 5.91 Å². The van der Waals surface area contributed by atoms with Crippen LogP contribution in [0.2, 0.25) is 0 Å². The second-order valence-electron chi connectivity index (χ2n) is 5.95. The van der Waals surface area contributed by atoms with Crippen molar-refractivity contribution in [2.75, 3.05) is 20.8 Å². The highest BCUT2D eigenvalue weighted by atomic mass is 16.5. The van der Waals surface area contributed by atoms with Crippen molar-refractivity contribution in [2.24, 2.45) is 5.92 Å². The Balaban J connectivity index is 2.09. The highest BCUT2D eigenvalue weighted by Crippen LogP contribution is 2.33. The Labute approximate surface area is 120 Å². The van der Waals surface area contributed by atoms with Gasteiger partial charge in [0, 0.05) is 17.9 Å². The van der Waals surface area contributed by atoms with Crippen LogP contribution in [0.25, 0.3) is 0 Å². The highest BCUT2D eigenvalue weighted by Gasteiger charge is 2.31. The van der Waals surface area contributed by atoms with Crippen LogP contribution in [0.15, 0.2) is 18.2 Å². The average Bonchev–Trinajstić information content (AvgIpc) is 3.28. The Kier molecular flexibility index (Phi) is 4.21. The van der Waals surface area contributed by atoms with E-state index in [0.29, 0.717) is 18.0 Å². The van der Waals surface area contributed by atoms with E-state index in [1.165, 1.54) is 0 Å². The van der Waals surface area contributed by atoms with Gasteiger partial charge < -0.3 is 14.8 Å². The molecule has 110 valence electrons. The number of benzene rings is 1. The fraction of sp³-hybridized carbons (Fsp3) is 0.562. The van der Waals surface area contributed by atoms with Crippen LogP contribution in [0.5, 0.6) is 11.5 Å². The lowest BCUT2D eigenvalue weighted by atomic mass is 9.84. The van der Waals surface area contributed by atoms with E-state index < -0.39 is 0 Å². The van der Waals surface area contributed by atoms with Gasteiger partial charge in [-0.25, -0.2) is 0 Å². The third-order valence-electron chi connectivity index (χ3n) is 3.82. The van der Waals surface area contributed by atoms with Crippen LogP contribution in [0.1, 0.15) is 32.3 Å². The van der Waals surface area contributed by atoms with Gasteiger partial charge in [-0.3, -0.25) is 4.79 Å². The van der Waals surface area contributed by atoms with Crippen LogP contribution in [-0.4, -0.2) is 26.7 Å². The molecule has 0 radical (unpaired) electrons. The van der Waals surface area contributed by atoms with E-state index in [2.05, 4.69) is 19.2 Å². The molecule has 2 rings (SSSR count). The van der Waals surface area contributed by atoms with Crippen molar-refractivity contribution >= 4 is 5.91 Å². The van der Waals surface area contributed by atoms with Gasteiger partial charge in [0.05, 0.1) is 14.2 Å². The van der Waals surface area contributed by atoms with E-state index in [9.17, 15) is 4.79 Å². The van der Waals surface area contributed by atoms with Crippen molar-refractivity contribution in [3.8, 4) is 11.5 Å². The zero-order valence-corrected chi connectivity index (χ0v) is 12.7. The number of carbonyl (C=O) groups is 1. The summed E-state index contributed by atoms with van der Waals surface area (Å²) in [5, 5.41) is 3.04. The van der Waals surface area contributed by atoms with Crippen molar-refractivity contribution < 1.29 is 14.3 Å². The van der Waals surface area contributed by atoms with E-state index >= 15 is 0 Å². The Morgan fingerprint density at radius 3 is 2.45 bits per heavy atom. The van der Waals surface area contributed by atoms with Gasteiger partial charge >= 0.3 is 0 Å². The van der Waals surface area contributed by atoms with Gasteiger partial charge in [-0.2, -0.15) is 0 Å². The summed E-state index contributed by atoms with van der Waals surface area (Å²) in [7, 11) is 3.25. The van der Waals surface area contributed by atoms with Crippen LogP contribution in [0.4, 0.5) is 0 Å². The monoisotopic (exact) mass is 277 g/mol. The predicted molar refractivity (Wildman–Crippen MR) is 78.3 cm³/mol. The Morgan fingerprint density at radius 1 is 1.25 bits per heavy atom. The normalized spacial score (nSPS) is 14.8. The number of nitrogens with one attached hydrogen (secondary N) is 1. The molecule has 0 saturated heterocycles. The topological polar surface area (TPSA) is 47.6 Å². The Hall–Kier alpha value is -1.71. The number of ether oxygens (including phenoxy) is 2. The van der Waals surface area contributed by atoms with Crippen LogP contribution in [0.3, 0.4) is 0 Å². The standard InChI is InChI=1S/C16H23NO3/c1-16(2,10-17-15(18)11-5-6-11)12-7-8-13(19-3)14(9-12)20-4/h7-9,11H,5-6,10H2,1-4H3,(H,17,18). The fourth-order valence-electron chi connectivity index (χ4n) is 2.16. The summed E-state index contributed by atoms with van der Waals surface area (Å²) >= 11 is 0. The summed E-state index contributed by atoms with van der Waals surface area (Å²) < 4.78 is 10.6. The summed E-state index contributed by atoms with van der Waals surface area (Å²) in [4.78, 5) is 11.8. The molecule has 1 aromatic rings. The van der Waals surface area contributed by atoms with E-state index in [1.54, 1.807) is 14.2 Å². The molecule has 0 unspecified atom stereocenters. The molecule has 0 spiro atoms. The van der Waals surface area contributed by atoms with Crippen molar-refractivity contribution in [1.29, 1.82) is 0 Å². The second-order valence-corrected chi connectivity index (χ2v) is 5.95. The molecule has 20 heavy (non-hydrogen) atoms. The highest BCUT2D eigenvalue weighted by molar-refractivity contribution is 5.80. The molecule has 1 saturated carbocycles. The third-order valence-corrected chi connectivity index (χ3v) is 3.82. The maximum Gasteiger partial charge on any atom is 0.223 e. The van der Waals surface area contributed by atoms with Gasteiger partial charge in [-0.1, -0.05) is 19.9 Å². The van der Waals surface area contributed by atoms with Crippen LogP contribution in [0, 0.1) is 5.92 Å². The molecule has 1 fully saturated rings. The van der Waals surface area contributed by atoms with Gasteiger partial charge in [0.15, 0.2) is 11.5 Å². The molecule has 1 amide bonds. The Morgan fingerprint density at radius 2 is 1.90 bits per heavy atom. The van der Waals surface area contributed by atoms with Gasteiger partial charge in [-0.15, -0.1) is 0 Å². The van der Waals surface area contributed by atoms with Crippen molar-refractivity contribution in [3.05, 3.63) is 23.8 Å². The number of hydrogen-bond donors (Lipinski definition) is 1. The minimum absolute atomic E-state index is 0.149. The molecule has 1 N–H and O–H groups in total. The van der Waals surface area contributed by atoms with E-state index in [1.807, 2.05) is 18.2 Å². The van der Waals surface area contributed by atoms with Crippen LogP contribution in [-0.2, 0) is 10.2 Å². The fourth-order valence-corrected chi connectivity index (χ4v) is 2.16. The third kappa shape index (κ3) is 3.24. The first-order valence-corrected chi connectivity index (χ1v) is 6.98. The zero-order valence-electron chi connectivity index (χ0n) is 12.7. The molecular formula is C16H23NO3. The van der Waals surface area contributed by atoms with E-state index in [4.69, 9.17) is 9.47 Å².